The van der Waals surface area contributed by atoms with E-state index in [9.17, 15) is 4.79 Å². The van der Waals surface area contributed by atoms with Crippen LogP contribution in [0.1, 0.15) is 24.1 Å². The van der Waals surface area contributed by atoms with E-state index in [-0.39, 0.29) is 5.56 Å². The molecule has 0 aliphatic heterocycles. The molecule has 1 aromatic heterocycles. The molecule has 17 heavy (non-hydrogen) atoms. The Morgan fingerprint density at radius 1 is 1.59 bits per heavy atom. The van der Waals surface area contributed by atoms with Crippen LogP contribution in [-0.2, 0) is 13.6 Å². The molecule has 1 fully saturated rings. The number of pyridine rings is 1. The van der Waals surface area contributed by atoms with E-state index in [1.165, 1.54) is 0 Å². The van der Waals surface area contributed by atoms with Crippen molar-refractivity contribution in [2.24, 2.45) is 17.8 Å². The van der Waals surface area contributed by atoms with Crippen LogP contribution in [-0.4, -0.2) is 16.6 Å². The zero-order chi connectivity index (χ0) is 12.4. The second kappa shape index (κ2) is 4.61. The molecular weight excluding hydrogens is 216 g/mol. The largest absolute Gasteiger partial charge is 0.370 e. The van der Waals surface area contributed by atoms with Gasteiger partial charge in [-0.1, -0.05) is 0 Å². The van der Waals surface area contributed by atoms with Crippen molar-refractivity contribution >= 4 is 5.96 Å². The summed E-state index contributed by atoms with van der Waals surface area (Å²) in [5.74, 6) is 0.426. The molecule has 5 heteroatoms. The third-order valence-corrected chi connectivity index (χ3v) is 2.98. The smallest absolute Gasteiger partial charge is 0.255 e. The van der Waals surface area contributed by atoms with Crippen molar-refractivity contribution in [2.45, 2.75) is 32.4 Å². The highest BCUT2D eigenvalue weighted by atomic mass is 16.1. The Bertz CT molecular complexity index is 500. The fourth-order valence-corrected chi connectivity index (χ4v) is 1.55. The lowest BCUT2D eigenvalue weighted by molar-refractivity contribution is 0.792. The molecule has 0 saturated heterocycles. The van der Waals surface area contributed by atoms with Gasteiger partial charge in [0.2, 0.25) is 0 Å². The zero-order valence-corrected chi connectivity index (χ0v) is 10.2. The molecule has 1 aromatic rings. The molecule has 1 aliphatic carbocycles. The molecule has 2 rings (SSSR count). The molecule has 1 saturated carbocycles. The molecule has 1 aliphatic rings. The number of aromatic nitrogens is 1. The number of aryl methyl sites for hydroxylation is 1. The van der Waals surface area contributed by atoms with Gasteiger partial charge in [0, 0.05) is 24.3 Å². The summed E-state index contributed by atoms with van der Waals surface area (Å²) in [6.45, 7) is 2.23. The van der Waals surface area contributed by atoms with E-state index in [2.05, 4.69) is 10.3 Å². The van der Waals surface area contributed by atoms with Gasteiger partial charge in [-0.15, -0.1) is 0 Å². The lowest BCUT2D eigenvalue weighted by atomic mass is 10.2. The van der Waals surface area contributed by atoms with Crippen LogP contribution in [0.2, 0.25) is 0 Å². The van der Waals surface area contributed by atoms with Crippen LogP contribution in [0.3, 0.4) is 0 Å². The second-order valence-electron chi connectivity index (χ2n) is 4.48. The predicted octanol–water partition coefficient (Wildman–Crippen LogP) is 0.260. The quantitative estimate of drug-likeness (QED) is 0.582. The first-order valence-electron chi connectivity index (χ1n) is 5.80. The van der Waals surface area contributed by atoms with Crippen LogP contribution >= 0.6 is 0 Å². The minimum absolute atomic E-state index is 0.00651. The number of nitrogens with zero attached hydrogens (tertiary/aromatic N) is 2. The van der Waals surface area contributed by atoms with Gasteiger partial charge in [-0.25, -0.2) is 4.99 Å². The summed E-state index contributed by atoms with van der Waals surface area (Å²) in [6.07, 6.45) is 2.31. The SMILES string of the molecule is Cc1ccc(CN=C(N)NC2CC2)c(=O)n1C. The number of nitrogens with one attached hydrogen (secondary N) is 1. The van der Waals surface area contributed by atoms with Gasteiger partial charge in [0.15, 0.2) is 5.96 Å². The van der Waals surface area contributed by atoms with Crippen LogP contribution in [0.15, 0.2) is 21.9 Å². The highest BCUT2D eigenvalue weighted by Gasteiger charge is 2.21. The summed E-state index contributed by atoms with van der Waals surface area (Å²) in [4.78, 5) is 16.0. The van der Waals surface area contributed by atoms with Crippen LogP contribution in [0.5, 0.6) is 0 Å². The molecule has 3 N–H and O–H groups in total. The van der Waals surface area contributed by atoms with E-state index >= 15 is 0 Å². The molecule has 0 spiro atoms. The number of guanidine groups is 1. The molecule has 0 atom stereocenters. The van der Waals surface area contributed by atoms with Crippen molar-refractivity contribution < 1.29 is 0 Å². The number of aliphatic imine (C=N–C) groups is 1. The normalized spacial score (nSPS) is 16.0. The number of rotatable bonds is 3. The van der Waals surface area contributed by atoms with Crippen molar-refractivity contribution in [3.8, 4) is 0 Å². The third-order valence-electron chi connectivity index (χ3n) is 2.98. The highest BCUT2D eigenvalue weighted by molar-refractivity contribution is 5.78. The van der Waals surface area contributed by atoms with E-state index in [0.717, 1.165) is 18.5 Å². The van der Waals surface area contributed by atoms with E-state index in [0.29, 0.717) is 24.1 Å². The molecule has 5 nitrogen and oxygen atoms in total. The fourth-order valence-electron chi connectivity index (χ4n) is 1.55. The Hall–Kier alpha value is -1.78. The van der Waals surface area contributed by atoms with Gasteiger partial charge in [-0.3, -0.25) is 4.79 Å². The summed E-state index contributed by atoms with van der Waals surface area (Å²) in [7, 11) is 1.76. The Morgan fingerprint density at radius 3 is 2.94 bits per heavy atom. The summed E-state index contributed by atoms with van der Waals surface area (Å²) < 4.78 is 1.62. The maximum absolute atomic E-state index is 11.9. The summed E-state index contributed by atoms with van der Waals surface area (Å²) in [5.41, 5.74) is 7.31. The highest BCUT2D eigenvalue weighted by Crippen LogP contribution is 2.17. The van der Waals surface area contributed by atoms with Gasteiger partial charge in [0.05, 0.1) is 6.54 Å². The van der Waals surface area contributed by atoms with Crippen LogP contribution in [0.4, 0.5) is 0 Å². The van der Waals surface area contributed by atoms with Crippen molar-refractivity contribution in [1.29, 1.82) is 0 Å². The van der Waals surface area contributed by atoms with Gasteiger partial charge in [-0.2, -0.15) is 0 Å². The fraction of sp³-hybridized carbons (Fsp3) is 0.500. The average Bonchev–Trinajstić information content (AvgIpc) is 3.09. The van der Waals surface area contributed by atoms with Crippen molar-refractivity contribution in [3.05, 3.63) is 33.7 Å². The van der Waals surface area contributed by atoms with E-state index in [4.69, 9.17) is 5.73 Å². The molecule has 92 valence electrons. The number of hydrogen-bond donors (Lipinski definition) is 2. The molecule has 0 radical (unpaired) electrons. The Balaban J connectivity index is 2.08. The Labute approximate surface area is 100 Å². The molecule has 0 unspecified atom stereocenters. The minimum atomic E-state index is -0.00651. The molecule has 0 amide bonds. The van der Waals surface area contributed by atoms with Gasteiger partial charge in [-0.05, 0) is 31.9 Å². The maximum Gasteiger partial charge on any atom is 0.255 e. The molecule has 0 bridgehead atoms. The van der Waals surface area contributed by atoms with Crippen LogP contribution in [0, 0.1) is 6.92 Å². The predicted molar refractivity (Wildman–Crippen MR) is 67.9 cm³/mol. The standard InChI is InChI=1S/C12H18N4O/c1-8-3-4-9(11(17)16(8)2)7-14-12(13)15-10-5-6-10/h3-4,10H,5-7H2,1-2H3,(H3,13,14,15). The molecule has 1 heterocycles. The van der Waals surface area contributed by atoms with Crippen molar-refractivity contribution in [1.82, 2.24) is 9.88 Å². The van der Waals surface area contributed by atoms with Crippen LogP contribution in [0.25, 0.3) is 0 Å². The van der Waals surface area contributed by atoms with Gasteiger partial charge in [0.1, 0.15) is 0 Å². The van der Waals surface area contributed by atoms with E-state index < -0.39 is 0 Å². The topological polar surface area (TPSA) is 72.4 Å². The van der Waals surface area contributed by atoms with E-state index in [1.54, 1.807) is 11.6 Å². The number of hydrogen-bond acceptors (Lipinski definition) is 2. The second-order valence-corrected chi connectivity index (χ2v) is 4.48. The maximum atomic E-state index is 11.9. The first-order valence-corrected chi connectivity index (χ1v) is 5.80. The van der Waals surface area contributed by atoms with Gasteiger partial charge >= 0.3 is 0 Å². The minimum Gasteiger partial charge on any atom is -0.370 e. The van der Waals surface area contributed by atoms with Crippen molar-refractivity contribution in [3.63, 3.8) is 0 Å². The zero-order valence-electron chi connectivity index (χ0n) is 10.2. The Kier molecular flexibility index (Phi) is 3.17. The number of nitrogens with two attached hydrogens (primary N) is 1. The monoisotopic (exact) mass is 234 g/mol. The first-order chi connectivity index (χ1) is 8.08. The summed E-state index contributed by atoms with van der Waals surface area (Å²) in [6, 6.07) is 4.21. The third kappa shape index (κ3) is 2.87. The molecular formula is C12H18N4O. The lowest BCUT2D eigenvalue weighted by Gasteiger charge is -2.06. The Morgan fingerprint density at radius 2 is 2.29 bits per heavy atom. The summed E-state index contributed by atoms with van der Waals surface area (Å²) in [5, 5.41) is 3.09. The first kappa shape index (κ1) is 11.7. The van der Waals surface area contributed by atoms with Gasteiger partial charge in [0.25, 0.3) is 5.56 Å². The van der Waals surface area contributed by atoms with Gasteiger partial charge < -0.3 is 15.6 Å². The van der Waals surface area contributed by atoms with Crippen molar-refractivity contribution in [2.75, 3.05) is 0 Å². The lowest BCUT2D eigenvalue weighted by Crippen LogP contribution is -2.33. The average molecular weight is 234 g/mol. The van der Waals surface area contributed by atoms with E-state index in [1.807, 2.05) is 19.1 Å². The van der Waals surface area contributed by atoms with Crippen LogP contribution < -0.4 is 16.6 Å². The summed E-state index contributed by atoms with van der Waals surface area (Å²) >= 11 is 0. The molecule has 0 aromatic carbocycles.